The normalized spacial score (nSPS) is 20.7. The van der Waals surface area contributed by atoms with Crippen molar-refractivity contribution in [1.82, 2.24) is 4.90 Å². The number of nitrogens with zero attached hydrogens (tertiary/aromatic N) is 1. The van der Waals surface area contributed by atoms with Crippen LogP contribution in [0.2, 0.25) is 0 Å². The Balaban J connectivity index is 1.68. The Kier molecular flexibility index (Phi) is 4.52. The van der Waals surface area contributed by atoms with Gasteiger partial charge < -0.3 is 0 Å². The number of rotatable bonds is 5. The van der Waals surface area contributed by atoms with E-state index in [1.54, 1.807) is 0 Å². The third-order valence-electron chi connectivity index (χ3n) is 5.02. The lowest BCUT2D eigenvalue weighted by molar-refractivity contribution is -0.139. The summed E-state index contributed by atoms with van der Waals surface area (Å²) in [7, 11) is 0. The Morgan fingerprint density at radius 2 is 1.67 bits per heavy atom. The molecule has 1 heterocycles. The molecule has 1 aliphatic rings. The quantitative estimate of drug-likeness (QED) is 0.788. The minimum atomic E-state index is -0.721. The van der Waals surface area contributed by atoms with Crippen molar-refractivity contribution in [2.45, 2.75) is 38.5 Å². The second kappa shape index (κ2) is 6.60. The third-order valence-corrected chi connectivity index (χ3v) is 5.02. The third kappa shape index (κ3) is 2.99. The van der Waals surface area contributed by atoms with Crippen molar-refractivity contribution in [2.24, 2.45) is 0 Å². The van der Waals surface area contributed by atoms with Crippen molar-refractivity contribution in [3.63, 3.8) is 0 Å². The standard InChI is InChI=1S/C21H23NO2/c1-16-9-6-7-10-17(16)11-8-14-22-19(23)15-21(2,20(22)24)18-12-4-3-5-13-18/h3-7,9-10,12-13H,8,11,14-15H2,1-2H3/t21-/m1/s1. The summed E-state index contributed by atoms with van der Waals surface area (Å²) in [4.78, 5) is 26.7. The van der Waals surface area contributed by atoms with E-state index in [-0.39, 0.29) is 18.2 Å². The molecule has 124 valence electrons. The van der Waals surface area contributed by atoms with Crippen LogP contribution < -0.4 is 0 Å². The molecule has 3 heteroatoms. The second-order valence-corrected chi connectivity index (χ2v) is 6.76. The largest absolute Gasteiger partial charge is 0.282 e. The van der Waals surface area contributed by atoms with Gasteiger partial charge in [0.1, 0.15) is 0 Å². The van der Waals surface area contributed by atoms with E-state index >= 15 is 0 Å². The van der Waals surface area contributed by atoms with Gasteiger partial charge in [-0.05, 0) is 43.4 Å². The Hall–Kier alpha value is -2.42. The summed E-state index contributed by atoms with van der Waals surface area (Å²) in [5.74, 6) is -0.125. The molecule has 3 nitrogen and oxygen atoms in total. The molecule has 3 rings (SSSR count). The molecule has 1 fully saturated rings. The summed E-state index contributed by atoms with van der Waals surface area (Å²) in [6.07, 6.45) is 1.94. The topological polar surface area (TPSA) is 37.4 Å². The first kappa shape index (κ1) is 16.4. The molecule has 0 unspecified atom stereocenters. The van der Waals surface area contributed by atoms with Gasteiger partial charge in [-0.1, -0.05) is 54.6 Å². The summed E-state index contributed by atoms with van der Waals surface area (Å²) in [5, 5.41) is 0. The minimum Gasteiger partial charge on any atom is -0.282 e. The van der Waals surface area contributed by atoms with E-state index in [0.29, 0.717) is 6.54 Å². The van der Waals surface area contributed by atoms with E-state index in [4.69, 9.17) is 0 Å². The van der Waals surface area contributed by atoms with Gasteiger partial charge in [0.05, 0.1) is 5.41 Å². The lowest BCUT2D eigenvalue weighted by Crippen LogP contribution is -2.37. The number of carbonyl (C=O) groups is 2. The molecule has 2 aromatic carbocycles. The van der Waals surface area contributed by atoms with Crippen molar-refractivity contribution in [1.29, 1.82) is 0 Å². The van der Waals surface area contributed by atoms with Gasteiger partial charge >= 0.3 is 0 Å². The van der Waals surface area contributed by atoms with Crippen molar-refractivity contribution in [2.75, 3.05) is 6.54 Å². The lowest BCUT2D eigenvalue weighted by atomic mass is 9.81. The number of hydrogen-bond donors (Lipinski definition) is 0. The number of aryl methyl sites for hydroxylation is 2. The van der Waals surface area contributed by atoms with Gasteiger partial charge in [0.25, 0.3) is 0 Å². The van der Waals surface area contributed by atoms with Crippen LogP contribution in [0, 0.1) is 6.92 Å². The molecule has 1 aliphatic heterocycles. The first-order valence-electron chi connectivity index (χ1n) is 8.47. The molecule has 0 radical (unpaired) electrons. The zero-order chi connectivity index (χ0) is 17.2. The maximum absolute atomic E-state index is 12.9. The van der Waals surface area contributed by atoms with Crippen molar-refractivity contribution >= 4 is 11.8 Å². The summed E-state index contributed by atoms with van der Waals surface area (Å²) < 4.78 is 0. The SMILES string of the molecule is Cc1ccccc1CCCN1C(=O)C[C@](C)(c2ccccc2)C1=O. The van der Waals surface area contributed by atoms with E-state index in [1.165, 1.54) is 16.0 Å². The molecule has 24 heavy (non-hydrogen) atoms. The molecule has 1 saturated heterocycles. The fraction of sp³-hybridized carbons (Fsp3) is 0.333. The van der Waals surface area contributed by atoms with Crippen molar-refractivity contribution < 1.29 is 9.59 Å². The average Bonchev–Trinajstić information content (AvgIpc) is 2.81. The maximum Gasteiger partial charge on any atom is 0.240 e. The van der Waals surface area contributed by atoms with Crippen molar-refractivity contribution in [3.05, 3.63) is 71.3 Å². The monoisotopic (exact) mass is 321 g/mol. The van der Waals surface area contributed by atoms with Crippen LogP contribution in [0.1, 0.15) is 36.5 Å². The van der Waals surface area contributed by atoms with E-state index in [1.807, 2.05) is 49.4 Å². The molecule has 2 aromatic rings. The van der Waals surface area contributed by atoms with Crippen LogP contribution in [0.3, 0.4) is 0 Å². The van der Waals surface area contributed by atoms with Crippen LogP contribution in [0.4, 0.5) is 0 Å². The molecule has 0 aliphatic carbocycles. The Labute approximate surface area is 143 Å². The van der Waals surface area contributed by atoms with Gasteiger partial charge in [-0.2, -0.15) is 0 Å². The van der Waals surface area contributed by atoms with Crippen LogP contribution in [0.25, 0.3) is 0 Å². The second-order valence-electron chi connectivity index (χ2n) is 6.76. The summed E-state index contributed by atoms with van der Waals surface area (Å²) in [6.45, 7) is 4.46. The first-order chi connectivity index (χ1) is 11.5. The fourth-order valence-corrected chi connectivity index (χ4v) is 3.46. The van der Waals surface area contributed by atoms with Crippen LogP contribution in [-0.2, 0) is 21.4 Å². The van der Waals surface area contributed by atoms with Gasteiger partial charge in [-0.15, -0.1) is 0 Å². The summed E-state index contributed by atoms with van der Waals surface area (Å²) >= 11 is 0. The minimum absolute atomic E-state index is 0.0591. The molecule has 0 bridgehead atoms. The van der Waals surface area contributed by atoms with Gasteiger partial charge in [-0.3, -0.25) is 14.5 Å². The molecule has 0 saturated carbocycles. The van der Waals surface area contributed by atoms with Crippen molar-refractivity contribution in [3.8, 4) is 0 Å². The maximum atomic E-state index is 12.9. The van der Waals surface area contributed by atoms with E-state index in [0.717, 1.165) is 18.4 Å². The Morgan fingerprint density at radius 1 is 1.00 bits per heavy atom. The van der Waals surface area contributed by atoms with Crippen LogP contribution in [0.5, 0.6) is 0 Å². The number of hydrogen-bond acceptors (Lipinski definition) is 2. The number of carbonyl (C=O) groups excluding carboxylic acids is 2. The lowest BCUT2D eigenvalue weighted by Gasteiger charge is -2.22. The Bertz CT molecular complexity index is 753. The van der Waals surface area contributed by atoms with Gasteiger partial charge in [0, 0.05) is 13.0 Å². The van der Waals surface area contributed by atoms with E-state index in [9.17, 15) is 9.59 Å². The fourth-order valence-electron chi connectivity index (χ4n) is 3.46. The molecule has 1 atom stereocenters. The molecule has 0 N–H and O–H groups in total. The molecule has 0 aromatic heterocycles. The zero-order valence-electron chi connectivity index (χ0n) is 14.3. The highest BCUT2D eigenvalue weighted by molar-refractivity contribution is 6.08. The Morgan fingerprint density at radius 3 is 2.38 bits per heavy atom. The summed E-state index contributed by atoms with van der Waals surface area (Å²) in [5.41, 5.74) is 2.74. The molecular weight excluding hydrogens is 298 g/mol. The number of imide groups is 1. The highest BCUT2D eigenvalue weighted by Gasteiger charge is 2.48. The predicted octanol–water partition coefficient (Wildman–Crippen LogP) is 3.64. The van der Waals surface area contributed by atoms with Gasteiger partial charge in [0.2, 0.25) is 11.8 Å². The molecule has 0 spiro atoms. The highest BCUT2D eigenvalue weighted by Crippen LogP contribution is 2.36. The molecule has 2 amide bonds. The van der Waals surface area contributed by atoms with Gasteiger partial charge in [0.15, 0.2) is 0 Å². The smallest absolute Gasteiger partial charge is 0.240 e. The number of amides is 2. The van der Waals surface area contributed by atoms with Crippen LogP contribution in [-0.4, -0.2) is 23.3 Å². The number of likely N-dealkylation sites (tertiary alicyclic amines) is 1. The number of benzene rings is 2. The van der Waals surface area contributed by atoms with E-state index < -0.39 is 5.41 Å². The first-order valence-corrected chi connectivity index (χ1v) is 8.47. The van der Waals surface area contributed by atoms with Gasteiger partial charge in [-0.25, -0.2) is 0 Å². The van der Waals surface area contributed by atoms with Crippen LogP contribution >= 0.6 is 0 Å². The highest BCUT2D eigenvalue weighted by atomic mass is 16.2. The van der Waals surface area contributed by atoms with E-state index in [2.05, 4.69) is 19.1 Å². The average molecular weight is 321 g/mol. The van der Waals surface area contributed by atoms with Crippen LogP contribution in [0.15, 0.2) is 54.6 Å². The predicted molar refractivity (Wildman–Crippen MR) is 94.6 cm³/mol. The summed E-state index contributed by atoms with van der Waals surface area (Å²) in [6, 6.07) is 17.9. The molecular formula is C21H23NO2. The zero-order valence-corrected chi connectivity index (χ0v) is 14.3.